The first-order valence-corrected chi connectivity index (χ1v) is 9.04. The standard InChI is InChI=1S/C19H33N3O2/c1-4-9-17(12-13-23)15-22-19(20-5-2)21-14-16(3)24-18-10-7-6-8-11-18/h6-8,10-11,16-17,23H,4-5,9,12-15H2,1-3H3,(H2,20,21,22). The number of para-hydroxylation sites is 1. The van der Waals surface area contributed by atoms with Gasteiger partial charge in [0.05, 0.1) is 6.54 Å². The summed E-state index contributed by atoms with van der Waals surface area (Å²) in [6.07, 6.45) is 3.06. The lowest BCUT2D eigenvalue weighted by molar-refractivity contribution is 0.224. The molecule has 1 rings (SSSR count). The van der Waals surface area contributed by atoms with E-state index >= 15 is 0 Å². The summed E-state index contributed by atoms with van der Waals surface area (Å²) in [4.78, 5) is 4.66. The van der Waals surface area contributed by atoms with Crippen LogP contribution in [0, 0.1) is 5.92 Å². The quantitative estimate of drug-likeness (QED) is 0.430. The topological polar surface area (TPSA) is 65.9 Å². The molecule has 0 saturated carbocycles. The Balaban J connectivity index is 2.47. The number of aliphatic imine (C=N–C) groups is 1. The summed E-state index contributed by atoms with van der Waals surface area (Å²) in [5.41, 5.74) is 0. The SMILES string of the molecule is CCCC(CCO)CN=C(NCC)NCC(C)Oc1ccccc1. The number of nitrogens with one attached hydrogen (secondary N) is 2. The molecule has 0 bridgehead atoms. The van der Waals surface area contributed by atoms with Crippen LogP contribution in [0.5, 0.6) is 5.75 Å². The monoisotopic (exact) mass is 335 g/mol. The van der Waals surface area contributed by atoms with E-state index in [1.54, 1.807) is 0 Å². The molecule has 2 unspecified atom stereocenters. The fraction of sp³-hybridized carbons (Fsp3) is 0.632. The van der Waals surface area contributed by atoms with E-state index in [9.17, 15) is 0 Å². The van der Waals surface area contributed by atoms with Gasteiger partial charge in [0.15, 0.2) is 5.96 Å². The Bertz CT molecular complexity index is 445. The second-order valence-corrected chi connectivity index (χ2v) is 6.01. The second-order valence-electron chi connectivity index (χ2n) is 6.01. The Morgan fingerprint density at radius 1 is 1.17 bits per heavy atom. The summed E-state index contributed by atoms with van der Waals surface area (Å²) in [5.74, 6) is 2.12. The smallest absolute Gasteiger partial charge is 0.191 e. The van der Waals surface area contributed by atoms with E-state index in [0.717, 1.165) is 44.1 Å². The molecule has 0 radical (unpaired) electrons. The zero-order valence-electron chi connectivity index (χ0n) is 15.3. The molecule has 24 heavy (non-hydrogen) atoms. The summed E-state index contributed by atoms with van der Waals surface area (Å²) in [6, 6.07) is 9.83. The molecule has 1 aromatic rings. The zero-order valence-corrected chi connectivity index (χ0v) is 15.3. The third kappa shape index (κ3) is 8.77. The maximum Gasteiger partial charge on any atom is 0.191 e. The highest BCUT2D eigenvalue weighted by Gasteiger charge is 2.09. The van der Waals surface area contributed by atoms with Crippen LogP contribution < -0.4 is 15.4 Å². The van der Waals surface area contributed by atoms with Gasteiger partial charge in [0.2, 0.25) is 0 Å². The van der Waals surface area contributed by atoms with E-state index < -0.39 is 0 Å². The zero-order chi connectivity index (χ0) is 17.6. The molecule has 136 valence electrons. The minimum Gasteiger partial charge on any atom is -0.489 e. The van der Waals surface area contributed by atoms with Crippen molar-refractivity contribution in [2.75, 3.05) is 26.2 Å². The lowest BCUT2D eigenvalue weighted by Gasteiger charge is -2.18. The van der Waals surface area contributed by atoms with E-state index in [1.165, 1.54) is 0 Å². The maximum atomic E-state index is 9.15. The molecule has 0 aliphatic heterocycles. The number of aliphatic hydroxyl groups is 1. The van der Waals surface area contributed by atoms with Crippen LogP contribution >= 0.6 is 0 Å². The largest absolute Gasteiger partial charge is 0.489 e. The van der Waals surface area contributed by atoms with Gasteiger partial charge in [0.25, 0.3) is 0 Å². The highest BCUT2D eigenvalue weighted by molar-refractivity contribution is 5.79. The molecular formula is C19H33N3O2. The van der Waals surface area contributed by atoms with Crippen LogP contribution in [0.25, 0.3) is 0 Å². The van der Waals surface area contributed by atoms with Crippen molar-refractivity contribution < 1.29 is 9.84 Å². The Kier molecular flexibility index (Phi) is 10.7. The predicted molar refractivity (Wildman–Crippen MR) is 101 cm³/mol. The summed E-state index contributed by atoms with van der Waals surface area (Å²) in [6.45, 7) is 8.72. The summed E-state index contributed by atoms with van der Waals surface area (Å²) >= 11 is 0. The Morgan fingerprint density at radius 3 is 2.54 bits per heavy atom. The summed E-state index contributed by atoms with van der Waals surface area (Å²) in [5, 5.41) is 15.7. The number of hydrogen-bond donors (Lipinski definition) is 3. The summed E-state index contributed by atoms with van der Waals surface area (Å²) in [7, 11) is 0. The van der Waals surface area contributed by atoms with Crippen molar-refractivity contribution in [2.45, 2.75) is 46.1 Å². The normalized spacial score (nSPS) is 14.1. The van der Waals surface area contributed by atoms with Crippen molar-refractivity contribution >= 4 is 5.96 Å². The highest BCUT2D eigenvalue weighted by atomic mass is 16.5. The van der Waals surface area contributed by atoms with Gasteiger partial charge in [0.1, 0.15) is 11.9 Å². The molecule has 0 fully saturated rings. The molecule has 0 amide bonds. The van der Waals surface area contributed by atoms with Gasteiger partial charge in [-0.3, -0.25) is 4.99 Å². The molecule has 0 spiro atoms. The van der Waals surface area contributed by atoms with Crippen LogP contribution in [-0.4, -0.2) is 43.4 Å². The number of rotatable bonds is 11. The fourth-order valence-corrected chi connectivity index (χ4v) is 2.49. The highest BCUT2D eigenvalue weighted by Crippen LogP contribution is 2.11. The number of aliphatic hydroxyl groups excluding tert-OH is 1. The van der Waals surface area contributed by atoms with Crippen LogP contribution in [0.1, 0.15) is 40.0 Å². The Hall–Kier alpha value is -1.75. The molecule has 0 aliphatic rings. The fourth-order valence-electron chi connectivity index (χ4n) is 2.49. The lowest BCUT2D eigenvalue weighted by atomic mass is 10.0. The van der Waals surface area contributed by atoms with Crippen molar-refractivity contribution in [1.29, 1.82) is 0 Å². The van der Waals surface area contributed by atoms with Crippen LogP contribution in [-0.2, 0) is 0 Å². The molecular weight excluding hydrogens is 302 g/mol. The molecule has 1 aromatic carbocycles. The number of nitrogens with zero attached hydrogens (tertiary/aromatic N) is 1. The Labute approximate surface area is 146 Å². The first-order valence-electron chi connectivity index (χ1n) is 9.04. The van der Waals surface area contributed by atoms with Gasteiger partial charge in [-0.2, -0.15) is 0 Å². The maximum absolute atomic E-state index is 9.15. The predicted octanol–water partition coefficient (Wildman–Crippen LogP) is 2.81. The van der Waals surface area contributed by atoms with Gasteiger partial charge in [-0.25, -0.2) is 0 Å². The van der Waals surface area contributed by atoms with Gasteiger partial charge in [0, 0.05) is 19.7 Å². The van der Waals surface area contributed by atoms with Crippen molar-refractivity contribution in [3.63, 3.8) is 0 Å². The molecule has 3 N–H and O–H groups in total. The first kappa shape index (κ1) is 20.3. The van der Waals surface area contributed by atoms with Crippen LogP contribution in [0.4, 0.5) is 0 Å². The van der Waals surface area contributed by atoms with Crippen molar-refractivity contribution in [2.24, 2.45) is 10.9 Å². The molecule has 0 saturated heterocycles. The Morgan fingerprint density at radius 2 is 1.92 bits per heavy atom. The van der Waals surface area contributed by atoms with Gasteiger partial charge in [-0.05, 0) is 44.7 Å². The van der Waals surface area contributed by atoms with E-state index in [-0.39, 0.29) is 12.7 Å². The molecule has 5 heteroatoms. The number of ether oxygens (including phenoxy) is 1. The lowest BCUT2D eigenvalue weighted by Crippen LogP contribution is -2.42. The van der Waals surface area contributed by atoms with Gasteiger partial charge in [-0.15, -0.1) is 0 Å². The average molecular weight is 335 g/mol. The second kappa shape index (κ2) is 12.6. The molecule has 0 aromatic heterocycles. The van der Waals surface area contributed by atoms with Crippen LogP contribution in [0.2, 0.25) is 0 Å². The van der Waals surface area contributed by atoms with Crippen molar-refractivity contribution in [1.82, 2.24) is 10.6 Å². The van der Waals surface area contributed by atoms with E-state index in [4.69, 9.17) is 9.84 Å². The third-order valence-electron chi connectivity index (χ3n) is 3.72. The number of guanidine groups is 1. The van der Waals surface area contributed by atoms with Crippen molar-refractivity contribution in [3.8, 4) is 5.75 Å². The van der Waals surface area contributed by atoms with Gasteiger partial charge < -0.3 is 20.5 Å². The minimum absolute atomic E-state index is 0.0418. The third-order valence-corrected chi connectivity index (χ3v) is 3.72. The van der Waals surface area contributed by atoms with Crippen LogP contribution in [0.3, 0.4) is 0 Å². The molecule has 0 aliphatic carbocycles. The van der Waals surface area contributed by atoms with Gasteiger partial charge >= 0.3 is 0 Å². The molecule has 0 heterocycles. The van der Waals surface area contributed by atoms with Gasteiger partial charge in [-0.1, -0.05) is 31.5 Å². The van der Waals surface area contributed by atoms with Crippen LogP contribution in [0.15, 0.2) is 35.3 Å². The van der Waals surface area contributed by atoms with E-state index in [0.29, 0.717) is 12.5 Å². The summed E-state index contributed by atoms with van der Waals surface area (Å²) < 4.78 is 5.87. The number of hydrogen-bond acceptors (Lipinski definition) is 3. The van der Waals surface area contributed by atoms with E-state index in [1.807, 2.05) is 37.3 Å². The average Bonchev–Trinajstić information content (AvgIpc) is 2.58. The van der Waals surface area contributed by atoms with E-state index in [2.05, 4.69) is 29.5 Å². The number of benzene rings is 1. The first-order chi connectivity index (χ1) is 11.7. The van der Waals surface area contributed by atoms with Crippen molar-refractivity contribution in [3.05, 3.63) is 30.3 Å². The molecule has 5 nitrogen and oxygen atoms in total. The minimum atomic E-state index is 0.0418. The molecule has 2 atom stereocenters.